The molecule has 0 radical (unpaired) electrons. The van der Waals surface area contributed by atoms with Gasteiger partial charge in [-0.05, 0) is 66.8 Å². The molecule has 3 aromatic rings. The number of hydrogen-bond donors (Lipinski definition) is 1. The topological polar surface area (TPSA) is 38.3 Å². The van der Waals surface area contributed by atoms with E-state index in [0.717, 1.165) is 22.1 Å². The molecule has 3 aromatic carbocycles. The van der Waals surface area contributed by atoms with E-state index >= 15 is 0 Å². The summed E-state index contributed by atoms with van der Waals surface area (Å²) >= 11 is 0. The molecule has 0 aliphatic carbocycles. The van der Waals surface area contributed by atoms with Crippen LogP contribution in [0.1, 0.15) is 43.0 Å². The Bertz CT molecular complexity index is 948. The summed E-state index contributed by atoms with van der Waals surface area (Å²) in [6, 6.07) is 20.3. The van der Waals surface area contributed by atoms with Crippen molar-refractivity contribution in [3.63, 3.8) is 0 Å². The monoisotopic (exact) mass is 361 g/mol. The van der Waals surface area contributed by atoms with Crippen molar-refractivity contribution in [1.82, 2.24) is 5.32 Å². The van der Waals surface area contributed by atoms with Gasteiger partial charge < -0.3 is 10.1 Å². The zero-order valence-electron chi connectivity index (χ0n) is 16.5. The van der Waals surface area contributed by atoms with Crippen LogP contribution in [0, 0.1) is 13.8 Å². The van der Waals surface area contributed by atoms with Gasteiger partial charge in [-0.3, -0.25) is 4.79 Å². The first-order valence-electron chi connectivity index (χ1n) is 9.51. The van der Waals surface area contributed by atoms with Crippen LogP contribution in [0.5, 0.6) is 5.75 Å². The van der Waals surface area contributed by atoms with E-state index in [1.54, 1.807) is 0 Å². The Kier molecular flexibility index (Phi) is 5.80. The zero-order chi connectivity index (χ0) is 19.4. The Morgan fingerprint density at radius 3 is 2.41 bits per heavy atom. The molecule has 1 amide bonds. The quantitative estimate of drug-likeness (QED) is 0.630. The van der Waals surface area contributed by atoms with Crippen molar-refractivity contribution in [2.75, 3.05) is 0 Å². The fourth-order valence-corrected chi connectivity index (χ4v) is 3.15. The molecule has 27 heavy (non-hydrogen) atoms. The number of carbonyl (C=O) groups excluding carboxylic acids is 1. The lowest BCUT2D eigenvalue weighted by atomic mass is 10.0. The van der Waals surface area contributed by atoms with Gasteiger partial charge in [-0.25, -0.2) is 0 Å². The van der Waals surface area contributed by atoms with Crippen LogP contribution >= 0.6 is 0 Å². The summed E-state index contributed by atoms with van der Waals surface area (Å²) in [6.07, 6.45) is 0.0957. The summed E-state index contributed by atoms with van der Waals surface area (Å²) in [5.41, 5.74) is 3.59. The van der Waals surface area contributed by atoms with Crippen molar-refractivity contribution in [3.05, 3.63) is 77.4 Å². The minimum absolute atomic E-state index is 0.0638. The molecule has 3 nitrogen and oxygen atoms in total. The Labute approximate surface area is 161 Å². The fraction of sp³-hybridized carbons (Fsp3) is 0.292. The minimum Gasteiger partial charge on any atom is -0.481 e. The molecule has 0 bridgehead atoms. The molecule has 0 saturated heterocycles. The lowest BCUT2D eigenvalue weighted by Crippen LogP contribution is -2.39. The molecule has 1 N–H and O–H groups in total. The maximum Gasteiger partial charge on any atom is 0.261 e. The van der Waals surface area contributed by atoms with Gasteiger partial charge in [0.25, 0.3) is 5.91 Å². The highest BCUT2D eigenvalue weighted by atomic mass is 16.5. The Hall–Kier alpha value is -2.81. The SMILES string of the molecule is CCC(Oc1ccc2ccccc2c1)C(=O)NC(C)c1ccc(C)c(C)c1. The van der Waals surface area contributed by atoms with E-state index in [4.69, 9.17) is 4.74 Å². The van der Waals surface area contributed by atoms with Gasteiger partial charge in [-0.1, -0.05) is 55.5 Å². The van der Waals surface area contributed by atoms with E-state index in [-0.39, 0.29) is 11.9 Å². The molecule has 0 saturated carbocycles. The van der Waals surface area contributed by atoms with Crippen molar-refractivity contribution in [2.45, 2.75) is 46.3 Å². The fourth-order valence-electron chi connectivity index (χ4n) is 3.15. The predicted octanol–water partition coefficient (Wildman–Crippen LogP) is 5.49. The number of ether oxygens (including phenoxy) is 1. The molecule has 0 fully saturated rings. The largest absolute Gasteiger partial charge is 0.481 e. The van der Waals surface area contributed by atoms with Gasteiger partial charge in [0.1, 0.15) is 5.75 Å². The maximum atomic E-state index is 12.7. The van der Waals surface area contributed by atoms with Crippen molar-refractivity contribution < 1.29 is 9.53 Å². The van der Waals surface area contributed by atoms with Gasteiger partial charge in [0.05, 0.1) is 6.04 Å². The van der Waals surface area contributed by atoms with Crippen LogP contribution in [-0.2, 0) is 4.79 Å². The summed E-state index contributed by atoms with van der Waals surface area (Å²) in [6.45, 7) is 8.15. The molecular weight excluding hydrogens is 334 g/mol. The molecule has 2 atom stereocenters. The van der Waals surface area contributed by atoms with Crippen molar-refractivity contribution in [3.8, 4) is 5.75 Å². The van der Waals surface area contributed by atoms with E-state index < -0.39 is 6.10 Å². The van der Waals surface area contributed by atoms with Crippen LogP contribution in [0.15, 0.2) is 60.7 Å². The first kappa shape index (κ1) is 19.0. The number of amides is 1. The van der Waals surface area contributed by atoms with Crippen LogP contribution in [0.4, 0.5) is 0 Å². The molecule has 0 heterocycles. The maximum absolute atomic E-state index is 12.7. The third-order valence-electron chi connectivity index (χ3n) is 5.05. The lowest BCUT2D eigenvalue weighted by Gasteiger charge is -2.21. The number of fused-ring (bicyclic) bond motifs is 1. The van der Waals surface area contributed by atoms with Gasteiger partial charge in [0.2, 0.25) is 0 Å². The van der Waals surface area contributed by atoms with E-state index in [2.05, 4.69) is 43.4 Å². The second-order valence-electron chi connectivity index (χ2n) is 7.10. The van der Waals surface area contributed by atoms with Gasteiger partial charge in [0, 0.05) is 0 Å². The van der Waals surface area contributed by atoms with Crippen LogP contribution in [0.25, 0.3) is 10.8 Å². The van der Waals surface area contributed by atoms with Gasteiger partial charge in [-0.15, -0.1) is 0 Å². The van der Waals surface area contributed by atoms with Crippen molar-refractivity contribution in [2.24, 2.45) is 0 Å². The summed E-state index contributed by atoms with van der Waals surface area (Å²) in [5, 5.41) is 5.35. The smallest absolute Gasteiger partial charge is 0.261 e. The Morgan fingerprint density at radius 1 is 0.963 bits per heavy atom. The number of aryl methyl sites for hydroxylation is 2. The normalized spacial score (nSPS) is 13.2. The highest BCUT2D eigenvalue weighted by molar-refractivity contribution is 5.84. The molecule has 3 heteroatoms. The predicted molar refractivity (Wildman–Crippen MR) is 111 cm³/mol. The van der Waals surface area contributed by atoms with Gasteiger partial charge in [0.15, 0.2) is 6.10 Å². The van der Waals surface area contributed by atoms with Gasteiger partial charge >= 0.3 is 0 Å². The summed E-state index contributed by atoms with van der Waals surface area (Å²) in [5.74, 6) is 0.630. The van der Waals surface area contributed by atoms with Crippen LogP contribution in [0.2, 0.25) is 0 Å². The number of nitrogens with one attached hydrogen (secondary N) is 1. The minimum atomic E-state index is -0.514. The molecule has 0 aliphatic heterocycles. The molecular formula is C24H27NO2. The third kappa shape index (κ3) is 4.48. The summed E-state index contributed by atoms with van der Waals surface area (Å²) in [7, 11) is 0. The second kappa shape index (κ2) is 8.26. The Morgan fingerprint density at radius 2 is 1.70 bits per heavy atom. The molecule has 0 aromatic heterocycles. The zero-order valence-corrected chi connectivity index (χ0v) is 16.5. The van der Waals surface area contributed by atoms with E-state index in [0.29, 0.717) is 6.42 Å². The number of hydrogen-bond acceptors (Lipinski definition) is 2. The van der Waals surface area contributed by atoms with Crippen LogP contribution in [-0.4, -0.2) is 12.0 Å². The highest BCUT2D eigenvalue weighted by Crippen LogP contribution is 2.23. The number of rotatable bonds is 6. The molecule has 0 aliphatic rings. The van der Waals surface area contributed by atoms with E-state index in [1.807, 2.05) is 50.2 Å². The standard InChI is InChI=1S/C24H27NO2/c1-5-23(27-22-13-12-19-8-6-7-9-21(19)15-22)24(26)25-18(4)20-11-10-16(2)17(3)14-20/h6-15,18,23H,5H2,1-4H3,(H,25,26). The van der Waals surface area contributed by atoms with Crippen molar-refractivity contribution >= 4 is 16.7 Å². The molecule has 0 spiro atoms. The Balaban J connectivity index is 1.70. The average molecular weight is 361 g/mol. The number of carbonyl (C=O) groups is 1. The summed E-state index contributed by atoms with van der Waals surface area (Å²) < 4.78 is 6.00. The van der Waals surface area contributed by atoms with Gasteiger partial charge in [-0.2, -0.15) is 0 Å². The van der Waals surface area contributed by atoms with E-state index in [9.17, 15) is 4.79 Å². The first-order chi connectivity index (χ1) is 13.0. The summed E-state index contributed by atoms with van der Waals surface area (Å²) in [4.78, 5) is 12.7. The third-order valence-corrected chi connectivity index (χ3v) is 5.05. The number of benzene rings is 3. The average Bonchev–Trinajstić information content (AvgIpc) is 2.67. The highest BCUT2D eigenvalue weighted by Gasteiger charge is 2.21. The molecule has 140 valence electrons. The van der Waals surface area contributed by atoms with Crippen LogP contribution < -0.4 is 10.1 Å². The van der Waals surface area contributed by atoms with Crippen LogP contribution in [0.3, 0.4) is 0 Å². The first-order valence-corrected chi connectivity index (χ1v) is 9.51. The van der Waals surface area contributed by atoms with Crippen molar-refractivity contribution in [1.29, 1.82) is 0 Å². The lowest BCUT2D eigenvalue weighted by molar-refractivity contribution is -0.128. The molecule has 2 unspecified atom stereocenters. The molecule has 3 rings (SSSR count). The second-order valence-corrected chi connectivity index (χ2v) is 7.10. The van der Waals surface area contributed by atoms with E-state index in [1.165, 1.54) is 11.1 Å².